The summed E-state index contributed by atoms with van der Waals surface area (Å²) >= 11 is 5.87. The third-order valence-electron chi connectivity index (χ3n) is 6.78. The molecule has 0 unspecified atom stereocenters. The zero-order chi connectivity index (χ0) is 28.9. The fourth-order valence-corrected chi connectivity index (χ4v) is 7.16. The maximum atomic E-state index is 13.8. The van der Waals surface area contributed by atoms with Gasteiger partial charge in [-0.15, -0.1) is 0 Å². The number of halogens is 1. The predicted octanol–water partition coefficient (Wildman–Crippen LogP) is 3.29. The van der Waals surface area contributed by atoms with Gasteiger partial charge >= 0.3 is 5.97 Å². The van der Waals surface area contributed by atoms with E-state index in [2.05, 4.69) is 10.0 Å². The number of carbonyl (C=O) groups is 1. The second-order valence-corrected chi connectivity index (χ2v) is 13.8. The molecule has 0 radical (unpaired) electrons. The third kappa shape index (κ3) is 7.39. The minimum atomic E-state index is -4.03. The maximum Gasteiger partial charge on any atom is 0.337 e. The highest BCUT2D eigenvalue weighted by molar-refractivity contribution is 7.89. The molecular weight excluding hydrogens is 576 g/mol. The van der Waals surface area contributed by atoms with Crippen LogP contribution in [0.1, 0.15) is 34.3 Å². The van der Waals surface area contributed by atoms with Gasteiger partial charge in [-0.2, -0.15) is 4.31 Å². The van der Waals surface area contributed by atoms with Crippen LogP contribution in [0, 0.1) is 5.92 Å². The molecule has 214 valence electrons. The molecule has 1 aliphatic rings. The molecule has 10 nitrogen and oxygen atoms in total. The molecule has 1 heterocycles. The number of nitrogen functional groups attached to an aromatic ring is 1. The first-order chi connectivity index (χ1) is 19.0. The van der Waals surface area contributed by atoms with Crippen molar-refractivity contribution < 1.29 is 26.7 Å². The van der Waals surface area contributed by atoms with Crippen LogP contribution in [0.3, 0.4) is 0 Å². The molecule has 1 saturated heterocycles. The number of nitrogens with two attached hydrogens (primary N) is 1. The van der Waals surface area contributed by atoms with E-state index in [-0.39, 0.29) is 46.6 Å². The molecule has 0 saturated carbocycles. The number of piperidine rings is 1. The first-order valence-electron chi connectivity index (χ1n) is 12.6. The lowest BCUT2D eigenvalue weighted by atomic mass is 9.98. The van der Waals surface area contributed by atoms with Gasteiger partial charge in [0.05, 0.1) is 15.4 Å². The van der Waals surface area contributed by atoms with Crippen LogP contribution in [0.25, 0.3) is 0 Å². The Hall–Kier alpha value is -3.00. The van der Waals surface area contributed by atoms with Crippen molar-refractivity contribution >= 4 is 43.3 Å². The molecule has 5 N–H and O–H groups in total. The second-order valence-electron chi connectivity index (χ2n) is 9.64. The summed E-state index contributed by atoms with van der Waals surface area (Å²) in [6, 6.07) is 16.2. The molecule has 40 heavy (non-hydrogen) atoms. The van der Waals surface area contributed by atoms with Crippen molar-refractivity contribution in [3.05, 3.63) is 88.4 Å². The first-order valence-corrected chi connectivity index (χ1v) is 15.9. The standard InChI is InChI=1S/C27H31ClN4O6S2/c28-22-4-1-19(2-5-22)16-31-39(35,36)23-6-8-24(9-7-23)40(37,38)32(17-20-11-13-30-14-12-20)18-21-3-10-25(27(33)34)26(29)15-21/h1-10,15,20,30-31H,11-14,16-18,29H2,(H,33,34). The summed E-state index contributed by atoms with van der Waals surface area (Å²) in [6.45, 7) is 1.86. The van der Waals surface area contributed by atoms with E-state index < -0.39 is 26.0 Å². The summed E-state index contributed by atoms with van der Waals surface area (Å²) in [6.07, 6.45) is 1.62. The van der Waals surface area contributed by atoms with Crippen molar-refractivity contribution in [2.24, 2.45) is 5.92 Å². The number of hydrogen-bond donors (Lipinski definition) is 4. The van der Waals surface area contributed by atoms with E-state index in [4.69, 9.17) is 17.3 Å². The number of sulfonamides is 2. The zero-order valence-corrected chi connectivity index (χ0v) is 24.0. The summed E-state index contributed by atoms with van der Waals surface area (Å²) < 4.78 is 57.1. The molecular formula is C27H31ClN4O6S2. The van der Waals surface area contributed by atoms with E-state index in [9.17, 15) is 26.7 Å². The van der Waals surface area contributed by atoms with Crippen molar-refractivity contribution in [2.45, 2.75) is 35.7 Å². The summed E-state index contributed by atoms with van der Waals surface area (Å²) in [5, 5.41) is 13.1. The number of nitrogens with zero attached hydrogens (tertiary/aromatic N) is 1. The molecule has 4 rings (SSSR count). The smallest absolute Gasteiger partial charge is 0.337 e. The van der Waals surface area contributed by atoms with Crippen molar-refractivity contribution in [1.82, 2.24) is 14.3 Å². The summed E-state index contributed by atoms with van der Waals surface area (Å²) in [5.74, 6) is -1.04. The molecule has 0 amide bonds. The topological polar surface area (TPSA) is 159 Å². The van der Waals surface area contributed by atoms with E-state index in [1.165, 1.54) is 40.7 Å². The molecule has 0 atom stereocenters. The van der Waals surface area contributed by atoms with Crippen LogP contribution < -0.4 is 15.8 Å². The van der Waals surface area contributed by atoms with Gasteiger partial charge in [0.1, 0.15) is 0 Å². The van der Waals surface area contributed by atoms with Gasteiger partial charge in [-0.05, 0) is 91.5 Å². The summed E-state index contributed by atoms with van der Waals surface area (Å²) in [5.41, 5.74) is 7.16. The Morgan fingerprint density at radius 3 is 2.15 bits per heavy atom. The quantitative estimate of drug-likeness (QED) is 0.242. The Balaban J connectivity index is 1.56. The Kier molecular flexibility index (Phi) is 9.49. The predicted molar refractivity (Wildman–Crippen MR) is 153 cm³/mol. The van der Waals surface area contributed by atoms with Gasteiger partial charge < -0.3 is 16.2 Å². The van der Waals surface area contributed by atoms with Crippen molar-refractivity contribution in [2.75, 3.05) is 25.4 Å². The van der Waals surface area contributed by atoms with Gasteiger partial charge in [0.15, 0.2) is 0 Å². The number of benzene rings is 3. The van der Waals surface area contributed by atoms with Crippen LogP contribution in [0.15, 0.2) is 76.5 Å². The minimum Gasteiger partial charge on any atom is -0.478 e. The molecule has 3 aromatic rings. The molecule has 3 aromatic carbocycles. The maximum absolute atomic E-state index is 13.8. The highest BCUT2D eigenvalue weighted by Crippen LogP contribution is 2.25. The van der Waals surface area contributed by atoms with E-state index in [0.717, 1.165) is 31.5 Å². The number of aromatic carboxylic acids is 1. The third-order valence-corrected chi connectivity index (χ3v) is 10.3. The summed E-state index contributed by atoms with van der Waals surface area (Å²) in [4.78, 5) is 11.2. The molecule has 1 aliphatic heterocycles. The number of hydrogen-bond acceptors (Lipinski definition) is 7. The highest BCUT2D eigenvalue weighted by atomic mass is 35.5. The van der Waals surface area contributed by atoms with Gasteiger partial charge in [-0.3, -0.25) is 0 Å². The van der Waals surface area contributed by atoms with E-state index >= 15 is 0 Å². The normalized spacial score (nSPS) is 14.8. The molecule has 0 spiro atoms. The Morgan fingerprint density at radius 2 is 1.55 bits per heavy atom. The van der Waals surface area contributed by atoms with Crippen molar-refractivity contribution in [3.8, 4) is 0 Å². The van der Waals surface area contributed by atoms with Crippen LogP contribution in [0.5, 0.6) is 0 Å². The van der Waals surface area contributed by atoms with Crippen LogP contribution in [0.2, 0.25) is 5.02 Å². The van der Waals surface area contributed by atoms with Crippen molar-refractivity contribution in [1.29, 1.82) is 0 Å². The van der Waals surface area contributed by atoms with E-state index in [1.807, 2.05) is 0 Å². The van der Waals surface area contributed by atoms with Gasteiger partial charge in [-0.25, -0.2) is 26.4 Å². The van der Waals surface area contributed by atoms with Gasteiger partial charge in [0, 0.05) is 30.3 Å². The average molecular weight is 607 g/mol. The molecule has 0 aromatic heterocycles. The van der Waals surface area contributed by atoms with Crippen LogP contribution in [0.4, 0.5) is 5.69 Å². The number of carboxylic acids is 1. The van der Waals surface area contributed by atoms with Gasteiger partial charge in [0.2, 0.25) is 20.0 Å². The van der Waals surface area contributed by atoms with Crippen LogP contribution in [-0.4, -0.2) is 51.9 Å². The molecule has 13 heteroatoms. The lowest BCUT2D eigenvalue weighted by Crippen LogP contribution is -2.39. The number of carboxylic acid groups (broad SMARTS) is 1. The molecule has 1 fully saturated rings. The zero-order valence-electron chi connectivity index (χ0n) is 21.6. The minimum absolute atomic E-state index is 0.0148. The van der Waals surface area contributed by atoms with Crippen LogP contribution >= 0.6 is 11.6 Å². The first kappa shape index (κ1) is 30.0. The Morgan fingerprint density at radius 1 is 0.950 bits per heavy atom. The second kappa shape index (κ2) is 12.7. The Labute approximate surface area is 239 Å². The van der Waals surface area contributed by atoms with Gasteiger partial charge in [-0.1, -0.05) is 29.8 Å². The summed E-state index contributed by atoms with van der Waals surface area (Å²) in [7, 11) is -7.93. The Bertz CT molecular complexity index is 1560. The number of nitrogens with one attached hydrogen (secondary N) is 2. The molecule has 0 aliphatic carbocycles. The average Bonchev–Trinajstić information content (AvgIpc) is 2.93. The lowest BCUT2D eigenvalue weighted by Gasteiger charge is -2.30. The van der Waals surface area contributed by atoms with Gasteiger partial charge in [0.25, 0.3) is 0 Å². The number of rotatable bonds is 11. The lowest BCUT2D eigenvalue weighted by molar-refractivity contribution is 0.0698. The van der Waals surface area contributed by atoms with E-state index in [0.29, 0.717) is 10.6 Å². The fourth-order valence-electron chi connectivity index (χ4n) is 4.51. The van der Waals surface area contributed by atoms with E-state index in [1.54, 1.807) is 30.3 Å². The monoisotopic (exact) mass is 606 g/mol. The molecule has 0 bridgehead atoms. The number of anilines is 1. The fraction of sp³-hybridized carbons (Fsp3) is 0.296. The van der Waals surface area contributed by atoms with Crippen LogP contribution in [-0.2, 0) is 33.1 Å². The SMILES string of the molecule is Nc1cc(CN(CC2CCNCC2)S(=O)(=O)c2ccc(S(=O)(=O)NCc3ccc(Cl)cc3)cc2)ccc1C(=O)O. The largest absolute Gasteiger partial charge is 0.478 e. The highest BCUT2D eigenvalue weighted by Gasteiger charge is 2.29. The van der Waals surface area contributed by atoms with Crippen molar-refractivity contribution in [3.63, 3.8) is 0 Å².